The molecule has 2 aromatic heterocycles. The van der Waals surface area contributed by atoms with Crippen molar-refractivity contribution < 1.29 is 14.3 Å². The Hall–Kier alpha value is -4.36. The number of ether oxygens (including phenoxy) is 1. The predicted molar refractivity (Wildman–Crippen MR) is 176 cm³/mol. The summed E-state index contributed by atoms with van der Waals surface area (Å²) in [4.78, 5) is 54.1. The van der Waals surface area contributed by atoms with Gasteiger partial charge in [-0.15, -0.1) is 9.24 Å². The van der Waals surface area contributed by atoms with Crippen LogP contribution < -0.4 is 15.9 Å². The minimum Gasteiger partial charge on any atom is -0.457 e. The summed E-state index contributed by atoms with van der Waals surface area (Å²) in [5, 5.41) is 1.60. The minimum atomic E-state index is -0.509. The standard InChI is InChI=1S/C34H36N5O4P/c1-7-25(40)37-13-14-38(21(6)16-37)32-23-15-20(5)26-27-22(9-8-10-24(27)44)17-43-33(41)28(26)31(23)39(34(42)36-32)30-19(4)11-12-35-29(30)18(2)3/h7-12,15,18,21H,1,13-14,16-17,44H2,2-6H3/t21-/m0/s1. The second-order valence-corrected chi connectivity index (χ2v) is 12.5. The fraction of sp³-hybridized carbons (Fsp3) is 0.324. The first-order chi connectivity index (χ1) is 21.0. The molecule has 226 valence electrons. The SMILES string of the molecule is C=CC(=O)N1CCN(c2nc(=O)n(-c3c(C)ccnc3C(C)C)c3c4c(c(C)cc23)-c2c(P)cccc2COC4=O)[C@@H](C)C1. The zero-order chi connectivity index (χ0) is 31.4. The normalized spacial score (nSPS) is 16.4. The Morgan fingerprint density at radius 3 is 2.59 bits per heavy atom. The van der Waals surface area contributed by atoms with Crippen LogP contribution in [0.4, 0.5) is 5.82 Å². The van der Waals surface area contributed by atoms with Crippen LogP contribution in [-0.4, -0.2) is 57.0 Å². The zero-order valence-corrected chi connectivity index (χ0v) is 26.8. The number of hydrogen-bond acceptors (Lipinski definition) is 7. The molecule has 4 aromatic rings. The van der Waals surface area contributed by atoms with Crippen molar-refractivity contribution in [1.29, 1.82) is 0 Å². The van der Waals surface area contributed by atoms with Crippen LogP contribution in [0, 0.1) is 13.8 Å². The summed E-state index contributed by atoms with van der Waals surface area (Å²) in [6.45, 7) is 15.1. The number of aryl methyl sites for hydroxylation is 2. The third-order valence-electron chi connectivity index (χ3n) is 8.66. The van der Waals surface area contributed by atoms with Gasteiger partial charge in [0, 0.05) is 42.8 Å². The Morgan fingerprint density at radius 2 is 1.89 bits per heavy atom. The lowest BCUT2D eigenvalue weighted by Gasteiger charge is -2.40. The summed E-state index contributed by atoms with van der Waals surface area (Å²) in [6, 6.07) is 9.66. The van der Waals surface area contributed by atoms with Gasteiger partial charge in [0.05, 0.1) is 22.5 Å². The van der Waals surface area contributed by atoms with E-state index in [1.54, 1.807) is 15.7 Å². The number of cyclic esters (lactones) is 1. The van der Waals surface area contributed by atoms with Crippen molar-refractivity contribution in [3.63, 3.8) is 0 Å². The molecule has 1 amide bonds. The van der Waals surface area contributed by atoms with Gasteiger partial charge in [0.2, 0.25) is 5.91 Å². The number of hydrogen-bond donors (Lipinski definition) is 0. The molecule has 1 unspecified atom stereocenters. The van der Waals surface area contributed by atoms with Crippen LogP contribution in [0.25, 0.3) is 27.7 Å². The van der Waals surface area contributed by atoms with Gasteiger partial charge in [-0.2, -0.15) is 4.98 Å². The van der Waals surface area contributed by atoms with Crippen LogP contribution in [-0.2, 0) is 16.1 Å². The lowest BCUT2D eigenvalue weighted by atomic mass is 9.90. The van der Waals surface area contributed by atoms with Crippen LogP contribution in [0.2, 0.25) is 0 Å². The van der Waals surface area contributed by atoms with Crippen molar-refractivity contribution in [2.75, 3.05) is 24.5 Å². The molecule has 2 atom stereocenters. The van der Waals surface area contributed by atoms with Crippen molar-refractivity contribution in [3.8, 4) is 16.8 Å². The van der Waals surface area contributed by atoms with Crippen molar-refractivity contribution in [3.05, 3.63) is 87.6 Å². The zero-order valence-electron chi connectivity index (χ0n) is 25.7. The lowest BCUT2D eigenvalue weighted by molar-refractivity contribution is -0.126. The van der Waals surface area contributed by atoms with Crippen LogP contribution in [0.5, 0.6) is 0 Å². The van der Waals surface area contributed by atoms with E-state index >= 15 is 0 Å². The van der Waals surface area contributed by atoms with E-state index in [9.17, 15) is 14.4 Å². The maximum atomic E-state index is 14.4. The fourth-order valence-electron chi connectivity index (χ4n) is 6.60. The van der Waals surface area contributed by atoms with Crippen LogP contribution >= 0.6 is 9.24 Å². The highest BCUT2D eigenvalue weighted by Gasteiger charge is 2.34. The minimum absolute atomic E-state index is 0.00241. The van der Waals surface area contributed by atoms with E-state index in [0.717, 1.165) is 38.8 Å². The van der Waals surface area contributed by atoms with Crippen LogP contribution in [0.15, 0.2) is 54.0 Å². The van der Waals surface area contributed by atoms with Gasteiger partial charge in [0.1, 0.15) is 12.4 Å². The van der Waals surface area contributed by atoms with E-state index in [0.29, 0.717) is 47.6 Å². The number of fused-ring (bicyclic) bond motifs is 5. The number of benzene rings is 2. The van der Waals surface area contributed by atoms with E-state index in [1.165, 1.54) is 6.08 Å². The summed E-state index contributed by atoms with van der Waals surface area (Å²) in [7, 11) is 2.78. The van der Waals surface area contributed by atoms with Gasteiger partial charge in [-0.05, 0) is 72.5 Å². The molecular formula is C34H36N5O4P. The molecule has 1 saturated heterocycles. The molecule has 44 heavy (non-hydrogen) atoms. The third kappa shape index (κ3) is 4.70. The number of rotatable bonds is 4. The van der Waals surface area contributed by atoms with Gasteiger partial charge < -0.3 is 14.5 Å². The van der Waals surface area contributed by atoms with Crippen molar-refractivity contribution in [2.45, 2.75) is 53.2 Å². The molecule has 6 rings (SSSR count). The number of esters is 1. The topological polar surface area (TPSA) is 97.6 Å². The molecule has 0 aliphatic carbocycles. The maximum Gasteiger partial charge on any atom is 0.354 e. The Bertz CT molecular complexity index is 1930. The van der Waals surface area contributed by atoms with E-state index < -0.39 is 11.7 Å². The molecule has 10 heteroatoms. The number of pyridine rings is 1. The molecule has 2 aliphatic heterocycles. The highest BCUT2D eigenvalue weighted by molar-refractivity contribution is 7.28. The quantitative estimate of drug-likeness (QED) is 0.190. The molecule has 0 bridgehead atoms. The highest BCUT2D eigenvalue weighted by Crippen LogP contribution is 2.41. The Morgan fingerprint density at radius 1 is 1.11 bits per heavy atom. The van der Waals surface area contributed by atoms with Gasteiger partial charge in [-0.1, -0.05) is 38.6 Å². The molecule has 0 saturated carbocycles. The van der Waals surface area contributed by atoms with E-state index in [-0.39, 0.29) is 24.5 Å². The average molecular weight is 610 g/mol. The van der Waals surface area contributed by atoms with Crippen LogP contribution in [0.3, 0.4) is 0 Å². The van der Waals surface area contributed by atoms with E-state index in [4.69, 9.17) is 9.72 Å². The molecule has 2 aromatic carbocycles. The van der Waals surface area contributed by atoms with Gasteiger partial charge in [0.25, 0.3) is 0 Å². The molecule has 2 aliphatic rings. The van der Waals surface area contributed by atoms with Crippen LogP contribution in [0.1, 0.15) is 59.4 Å². The van der Waals surface area contributed by atoms with E-state index in [2.05, 4.69) is 25.7 Å². The second-order valence-electron chi connectivity index (χ2n) is 11.9. The van der Waals surface area contributed by atoms with Gasteiger partial charge >= 0.3 is 11.7 Å². The highest BCUT2D eigenvalue weighted by atomic mass is 31.0. The molecule has 0 spiro atoms. The molecule has 4 heterocycles. The third-order valence-corrected chi connectivity index (χ3v) is 9.14. The Balaban J connectivity index is 1.75. The molecule has 0 radical (unpaired) electrons. The first kappa shape index (κ1) is 29.7. The monoisotopic (exact) mass is 609 g/mol. The van der Waals surface area contributed by atoms with Gasteiger partial charge in [-0.25, -0.2) is 9.59 Å². The second kappa shape index (κ2) is 11.3. The van der Waals surface area contributed by atoms with Crippen molar-refractivity contribution in [2.24, 2.45) is 0 Å². The first-order valence-corrected chi connectivity index (χ1v) is 15.4. The molecular weight excluding hydrogens is 573 g/mol. The van der Waals surface area contributed by atoms with Crippen molar-refractivity contribution in [1.82, 2.24) is 19.4 Å². The smallest absolute Gasteiger partial charge is 0.354 e. The molecule has 9 nitrogen and oxygen atoms in total. The molecule has 0 N–H and O–H groups in total. The van der Waals surface area contributed by atoms with Gasteiger partial charge in [0.15, 0.2) is 0 Å². The lowest BCUT2D eigenvalue weighted by Crippen LogP contribution is -2.54. The number of aromatic nitrogens is 3. The number of nitrogens with zero attached hydrogens (tertiary/aromatic N) is 5. The number of carbonyl (C=O) groups is 2. The maximum absolute atomic E-state index is 14.4. The van der Waals surface area contributed by atoms with E-state index in [1.807, 2.05) is 65.0 Å². The average Bonchev–Trinajstić information content (AvgIpc) is 3.14. The summed E-state index contributed by atoms with van der Waals surface area (Å²) in [6.07, 6.45) is 3.06. The van der Waals surface area contributed by atoms with Crippen molar-refractivity contribution >= 4 is 43.1 Å². The number of amides is 1. The van der Waals surface area contributed by atoms with Gasteiger partial charge in [-0.3, -0.25) is 14.3 Å². The number of carbonyl (C=O) groups excluding carboxylic acids is 2. The molecule has 1 fully saturated rings. The Kier molecular flexibility index (Phi) is 7.62. The Labute approximate surface area is 258 Å². The fourth-order valence-corrected chi connectivity index (χ4v) is 7.04. The number of anilines is 1. The summed E-state index contributed by atoms with van der Waals surface area (Å²) >= 11 is 0. The summed E-state index contributed by atoms with van der Waals surface area (Å²) < 4.78 is 7.47. The first-order valence-electron chi connectivity index (χ1n) is 14.8. The summed E-state index contributed by atoms with van der Waals surface area (Å²) in [5.41, 5.74) is 5.88. The summed E-state index contributed by atoms with van der Waals surface area (Å²) in [5.74, 6) is -0.151. The largest absolute Gasteiger partial charge is 0.457 e. The number of piperazine rings is 1. The predicted octanol–water partition coefficient (Wildman–Crippen LogP) is 4.58.